The monoisotopic (exact) mass is 331 g/mol. The number of benzene rings is 1. The highest BCUT2D eigenvalue weighted by Gasteiger charge is 2.22. The summed E-state index contributed by atoms with van der Waals surface area (Å²) in [6, 6.07) is 7.83. The molecule has 1 aromatic rings. The molecule has 1 saturated heterocycles. The number of piperidine rings is 1. The first-order valence-corrected chi connectivity index (χ1v) is 8.86. The van der Waals surface area contributed by atoms with Gasteiger partial charge in [-0.3, -0.25) is 4.79 Å². The summed E-state index contributed by atoms with van der Waals surface area (Å²) in [6.07, 6.45) is 2.99. The van der Waals surface area contributed by atoms with Crippen LogP contribution in [0.4, 0.5) is 10.5 Å². The van der Waals surface area contributed by atoms with Crippen molar-refractivity contribution in [3.8, 4) is 0 Å². The van der Waals surface area contributed by atoms with Gasteiger partial charge >= 0.3 is 6.03 Å². The number of rotatable bonds is 5. The average Bonchev–Trinajstić information content (AvgIpc) is 2.55. The molecule has 1 aliphatic rings. The number of aryl methyl sites for hydroxylation is 1. The Morgan fingerprint density at radius 1 is 1.25 bits per heavy atom. The lowest BCUT2D eigenvalue weighted by Crippen LogP contribution is -2.41. The van der Waals surface area contributed by atoms with E-state index in [-0.39, 0.29) is 17.9 Å². The number of anilines is 1. The van der Waals surface area contributed by atoms with Crippen LogP contribution >= 0.6 is 0 Å². The fraction of sp³-hybridized carbons (Fsp3) is 0.579. The summed E-state index contributed by atoms with van der Waals surface area (Å²) >= 11 is 0. The van der Waals surface area contributed by atoms with Crippen LogP contribution in [0.15, 0.2) is 24.3 Å². The lowest BCUT2D eigenvalue weighted by molar-refractivity contribution is -0.124. The van der Waals surface area contributed by atoms with Gasteiger partial charge in [-0.25, -0.2) is 4.79 Å². The minimum absolute atomic E-state index is 0.0211. The van der Waals surface area contributed by atoms with Gasteiger partial charge in [0.25, 0.3) is 0 Å². The van der Waals surface area contributed by atoms with Gasteiger partial charge in [0.05, 0.1) is 0 Å². The van der Waals surface area contributed by atoms with Crippen LogP contribution in [0.2, 0.25) is 0 Å². The Kier molecular flexibility index (Phi) is 6.64. The van der Waals surface area contributed by atoms with Crippen LogP contribution in [0.3, 0.4) is 0 Å². The van der Waals surface area contributed by atoms with Gasteiger partial charge in [-0.05, 0) is 49.8 Å². The van der Waals surface area contributed by atoms with Gasteiger partial charge in [0.2, 0.25) is 5.91 Å². The van der Waals surface area contributed by atoms with E-state index in [1.54, 1.807) is 0 Å². The molecule has 1 heterocycles. The van der Waals surface area contributed by atoms with E-state index >= 15 is 0 Å². The molecular formula is C19H29N3O2. The molecule has 0 atom stereocenters. The Morgan fingerprint density at radius 2 is 1.96 bits per heavy atom. The Balaban J connectivity index is 1.70. The van der Waals surface area contributed by atoms with Crippen LogP contribution in [-0.2, 0) is 4.79 Å². The molecular weight excluding hydrogens is 302 g/mol. The molecule has 1 aliphatic heterocycles. The van der Waals surface area contributed by atoms with Gasteiger partial charge in [-0.15, -0.1) is 0 Å². The summed E-state index contributed by atoms with van der Waals surface area (Å²) in [6.45, 7) is 8.11. The van der Waals surface area contributed by atoms with Gasteiger partial charge in [-0.1, -0.05) is 26.0 Å². The fourth-order valence-electron chi connectivity index (χ4n) is 2.95. The zero-order chi connectivity index (χ0) is 17.5. The van der Waals surface area contributed by atoms with E-state index in [9.17, 15) is 9.59 Å². The second-order valence-corrected chi connectivity index (χ2v) is 6.96. The number of likely N-dealkylation sites (tertiary alicyclic amines) is 1. The van der Waals surface area contributed by atoms with Crippen molar-refractivity contribution in [2.45, 2.75) is 40.0 Å². The van der Waals surface area contributed by atoms with Crippen molar-refractivity contribution in [1.29, 1.82) is 0 Å². The summed E-state index contributed by atoms with van der Waals surface area (Å²) in [5.41, 5.74) is 1.98. The molecule has 0 radical (unpaired) electrons. The number of carbonyl (C=O) groups is 2. The van der Waals surface area contributed by atoms with E-state index in [1.807, 2.05) is 49.9 Å². The first-order valence-electron chi connectivity index (χ1n) is 8.86. The van der Waals surface area contributed by atoms with Crippen LogP contribution < -0.4 is 10.6 Å². The number of urea groups is 1. The Labute approximate surface area is 144 Å². The van der Waals surface area contributed by atoms with Gasteiger partial charge in [-0.2, -0.15) is 0 Å². The van der Waals surface area contributed by atoms with Crippen molar-refractivity contribution in [3.05, 3.63) is 29.8 Å². The van der Waals surface area contributed by atoms with E-state index in [0.29, 0.717) is 5.92 Å². The maximum absolute atomic E-state index is 12.3. The Hall–Kier alpha value is -2.04. The predicted octanol–water partition coefficient (Wildman–Crippen LogP) is 3.40. The van der Waals surface area contributed by atoms with Crippen molar-refractivity contribution in [2.24, 2.45) is 11.8 Å². The molecule has 132 valence electrons. The molecule has 0 bridgehead atoms. The number of carbonyl (C=O) groups excluding carboxylic acids is 2. The highest BCUT2D eigenvalue weighted by Crippen LogP contribution is 2.21. The summed E-state index contributed by atoms with van der Waals surface area (Å²) in [5.74, 6) is 0.739. The second kappa shape index (κ2) is 8.71. The molecule has 5 nitrogen and oxygen atoms in total. The zero-order valence-corrected chi connectivity index (χ0v) is 15.0. The van der Waals surface area contributed by atoms with Crippen LogP contribution in [0.25, 0.3) is 0 Å². The normalized spacial score (nSPS) is 15.4. The summed E-state index contributed by atoms with van der Waals surface area (Å²) in [5, 5.41) is 5.94. The maximum Gasteiger partial charge on any atom is 0.321 e. The summed E-state index contributed by atoms with van der Waals surface area (Å²) in [7, 11) is 0. The minimum Gasteiger partial charge on any atom is -0.356 e. The summed E-state index contributed by atoms with van der Waals surface area (Å²) < 4.78 is 0. The van der Waals surface area contributed by atoms with Crippen molar-refractivity contribution in [3.63, 3.8) is 0 Å². The molecule has 0 saturated carbocycles. The SMILES string of the molecule is Cc1cccc(NC(=O)N2CCC(CCNC(=O)C(C)C)CC2)c1. The molecule has 0 unspecified atom stereocenters. The highest BCUT2D eigenvalue weighted by molar-refractivity contribution is 5.89. The first kappa shape index (κ1) is 18.3. The third-order valence-corrected chi connectivity index (χ3v) is 4.55. The van der Waals surface area contributed by atoms with Gasteiger partial charge in [0, 0.05) is 31.2 Å². The molecule has 5 heteroatoms. The molecule has 0 spiro atoms. The Morgan fingerprint density at radius 3 is 2.58 bits per heavy atom. The van der Waals surface area contributed by atoms with Gasteiger partial charge in [0.15, 0.2) is 0 Å². The molecule has 1 aromatic carbocycles. The van der Waals surface area contributed by atoms with E-state index in [4.69, 9.17) is 0 Å². The number of nitrogens with zero attached hydrogens (tertiary/aromatic N) is 1. The van der Waals surface area contributed by atoms with E-state index in [1.165, 1.54) is 0 Å². The number of amides is 3. The van der Waals surface area contributed by atoms with E-state index in [0.717, 1.165) is 50.1 Å². The molecule has 3 amide bonds. The lowest BCUT2D eigenvalue weighted by Gasteiger charge is -2.32. The fourth-order valence-corrected chi connectivity index (χ4v) is 2.95. The summed E-state index contributed by atoms with van der Waals surface area (Å²) in [4.78, 5) is 25.8. The quantitative estimate of drug-likeness (QED) is 0.868. The molecule has 0 aliphatic carbocycles. The molecule has 2 rings (SSSR count). The molecule has 1 fully saturated rings. The van der Waals surface area contributed by atoms with Crippen LogP contribution in [0.5, 0.6) is 0 Å². The number of hydrogen-bond donors (Lipinski definition) is 2. The third-order valence-electron chi connectivity index (χ3n) is 4.55. The number of hydrogen-bond acceptors (Lipinski definition) is 2. The van der Waals surface area contributed by atoms with Crippen molar-refractivity contribution in [2.75, 3.05) is 25.0 Å². The van der Waals surface area contributed by atoms with E-state index < -0.39 is 0 Å². The number of nitrogens with one attached hydrogen (secondary N) is 2. The van der Waals surface area contributed by atoms with Crippen LogP contribution in [0.1, 0.15) is 38.7 Å². The maximum atomic E-state index is 12.3. The first-order chi connectivity index (χ1) is 11.5. The second-order valence-electron chi connectivity index (χ2n) is 6.96. The van der Waals surface area contributed by atoms with Crippen LogP contribution in [-0.4, -0.2) is 36.5 Å². The van der Waals surface area contributed by atoms with E-state index in [2.05, 4.69) is 10.6 Å². The third kappa shape index (κ3) is 5.55. The average molecular weight is 331 g/mol. The van der Waals surface area contributed by atoms with Crippen molar-refractivity contribution < 1.29 is 9.59 Å². The minimum atomic E-state index is -0.0211. The van der Waals surface area contributed by atoms with Crippen molar-refractivity contribution in [1.82, 2.24) is 10.2 Å². The standard InChI is InChI=1S/C19H29N3O2/c1-14(2)18(23)20-10-7-16-8-11-22(12-9-16)19(24)21-17-6-4-5-15(3)13-17/h4-6,13-14,16H,7-12H2,1-3H3,(H,20,23)(H,21,24). The lowest BCUT2D eigenvalue weighted by atomic mass is 9.93. The van der Waals surface area contributed by atoms with Gasteiger partial charge < -0.3 is 15.5 Å². The highest BCUT2D eigenvalue weighted by atomic mass is 16.2. The smallest absolute Gasteiger partial charge is 0.321 e. The molecule has 24 heavy (non-hydrogen) atoms. The van der Waals surface area contributed by atoms with Crippen molar-refractivity contribution >= 4 is 17.6 Å². The van der Waals surface area contributed by atoms with Gasteiger partial charge in [0.1, 0.15) is 0 Å². The predicted molar refractivity (Wildman–Crippen MR) is 97.0 cm³/mol. The molecule has 2 N–H and O–H groups in total. The Bertz CT molecular complexity index is 563. The zero-order valence-electron chi connectivity index (χ0n) is 15.0. The topological polar surface area (TPSA) is 61.4 Å². The van der Waals surface area contributed by atoms with Crippen LogP contribution in [0, 0.1) is 18.8 Å². The largest absolute Gasteiger partial charge is 0.356 e. The molecule has 0 aromatic heterocycles.